The molecule has 1 saturated heterocycles. The number of hydrogen-bond donors (Lipinski definition) is 2. The number of sulfonamides is 1. The van der Waals surface area contributed by atoms with Crippen LogP contribution in [-0.2, 0) is 26.6 Å². The summed E-state index contributed by atoms with van der Waals surface area (Å²) in [7, 11) is -7.30. The third-order valence-corrected chi connectivity index (χ3v) is 10.4. The molecule has 0 amide bonds. The Morgan fingerprint density at radius 3 is 2.48 bits per heavy atom. The van der Waals surface area contributed by atoms with Crippen molar-refractivity contribution >= 4 is 37.9 Å². The van der Waals surface area contributed by atoms with Crippen LogP contribution in [0.25, 0.3) is 17.3 Å². The number of nitrogens with one attached hydrogen (secondary N) is 1. The quantitative estimate of drug-likeness (QED) is 0.261. The zero-order valence-corrected chi connectivity index (χ0v) is 25.9. The van der Waals surface area contributed by atoms with Gasteiger partial charge in [-0.3, -0.25) is 9.97 Å². The zero-order chi connectivity index (χ0) is 32.6. The Bertz CT molecular complexity index is 1970. The fourth-order valence-electron chi connectivity index (χ4n) is 5.20. The van der Waals surface area contributed by atoms with Crippen LogP contribution >= 0.6 is 0 Å². The Balaban J connectivity index is 1.23. The second-order valence-corrected chi connectivity index (χ2v) is 14.5. The highest BCUT2D eigenvalue weighted by Gasteiger charge is 2.34. The highest BCUT2D eigenvalue weighted by Crippen LogP contribution is 2.35. The second kappa shape index (κ2) is 12.4. The molecule has 0 saturated carbocycles. The van der Waals surface area contributed by atoms with Gasteiger partial charge in [0.1, 0.15) is 23.4 Å². The summed E-state index contributed by atoms with van der Waals surface area (Å²) in [6.45, 7) is 0.634. The van der Waals surface area contributed by atoms with Crippen molar-refractivity contribution in [1.82, 2.24) is 38.4 Å². The van der Waals surface area contributed by atoms with Crippen LogP contribution in [0.1, 0.15) is 24.0 Å². The average molecular weight is 675 g/mol. The Hall–Kier alpha value is -4.46. The first-order valence-corrected chi connectivity index (χ1v) is 17.2. The molecule has 1 unspecified atom stereocenters. The SMILES string of the molecule is CS(=O)(=O)N1CCC(Nc2ncc3c(n2)N(Cc2ccc(-c4cncc(S(=O)(=O)n5cncn5)c4)nc2)C(O)C(C(F)F)=C3)CC1. The molecule has 1 atom stereocenters. The number of piperidine rings is 1. The van der Waals surface area contributed by atoms with Crippen LogP contribution in [0.3, 0.4) is 0 Å². The van der Waals surface area contributed by atoms with E-state index in [1.165, 1.54) is 52.4 Å². The Morgan fingerprint density at radius 2 is 1.83 bits per heavy atom. The minimum absolute atomic E-state index is 0.0479. The lowest BCUT2D eigenvalue weighted by Crippen LogP contribution is -2.42. The number of nitrogens with zero attached hydrogens (tertiary/aromatic N) is 9. The van der Waals surface area contributed by atoms with Gasteiger partial charge >= 0.3 is 0 Å². The van der Waals surface area contributed by atoms with Crippen molar-refractivity contribution in [2.75, 3.05) is 29.6 Å². The van der Waals surface area contributed by atoms with Crippen molar-refractivity contribution in [3.63, 3.8) is 0 Å². The maximum Gasteiger partial charge on any atom is 0.285 e. The number of hydrogen-bond acceptors (Lipinski definition) is 13. The summed E-state index contributed by atoms with van der Waals surface area (Å²) in [6.07, 6.45) is 6.44. The summed E-state index contributed by atoms with van der Waals surface area (Å²) in [5.74, 6) is 0.437. The monoisotopic (exact) mass is 674 g/mol. The molecule has 6 rings (SSSR count). The fraction of sp³-hybridized carbons (Fsp3) is 0.333. The third-order valence-electron chi connectivity index (χ3n) is 7.62. The molecule has 2 aliphatic rings. The smallest absolute Gasteiger partial charge is 0.285 e. The lowest BCUT2D eigenvalue weighted by molar-refractivity contribution is 0.123. The molecule has 0 bridgehead atoms. The van der Waals surface area contributed by atoms with Crippen LogP contribution in [0.2, 0.25) is 0 Å². The molecule has 4 aromatic heterocycles. The van der Waals surface area contributed by atoms with Gasteiger partial charge in [0.05, 0.1) is 11.9 Å². The van der Waals surface area contributed by atoms with Crippen LogP contribution in [0.5, 0.6) is 0 Å². The largest absolute Gasteiger partial charge is 0.369 e. The highest BCUT2D eigenvalue weighted by atomic mass is 32.2. The van der Waals surface area contributed by atoms with E-state index in [-0.39, 0.29) is 29.2 Å². The van der Waals surface area contributed by atoms with Gasteiger partial charge in [-0.25, -0.2) is 31.5 Å². The lowest BCUT2D eigenvalue weighted by atomic mass is 10.0. The molecule has 242 valence electrons. The number of pyridine rings is 2. The third kappa shape index (κ3) is 6.43. The summed E-state index contributed by atoms with van der Waals surface area (Å²) in [4.78, 5) is 22.1. The number of rotatable bonds is 9. The van der Waals surface area contributed by atoms with Crippen LogP contribution in [0, 0.1) is 0 Å². The molecule has 15 nitrogen and oxygen atoms in total. The average Bonchev–Trinajstić information content (AvgIpc) is 3.59. The first kappa shape index (κ1) is 31.5. The van der Waals surface area contributed by atoms with Gasteiger partial charge in [-0.1, -0.05) is 6.07 Å². The number of aliphatic hydroxyl groups excluding tert-OH is 1. The molecular weight excluding hydrogens is 646 g/mol. The molecule has 0 spiro atoms. The minimum atomic E-state index is -4.01. The maximum absolute atomic E-state index is 13.9. The van der Waals surface area contributed by atoms with Gasteiger partial charge in [-0.15, -0.1) is 9.19 Å². The summed E-state index contributed by atoms with van der Waals surface area (Å²) >= 11 is 0. The molecule has 0 aromatic carbocycles. The molecule has 0 radical (unpaired) electrons. The van der Waals surface area contributed by atoms with Crippen LogP contribution < -0.4 is 10.2 Å². The first-order valence-electron chi connectivity index (χ1n) is 13.9. The van der Waals surface area contributed by atoms with E-state index in [0.717, 1.165) is 16.7 Å². The van der Waals surface area contributed by atoms with E-state index >= 15 is 0 Å². The molecular formula is C27H28F2N10O5S2. The molecule has 2 aliphatic heterocycles. The van der Waals surface area contributed by atoms with Gasteiger partial charge in [0.15, 0.2) is 6.23 Å². The van der Waals surface area contributed by atoms with E-state index in [2.05, 4.69) is 35.3 Å². The fourth-order valence-corrected chi connectivity index (χ4v) is 7.10. The summed E-state index contributed by atoms with van der Waals surface area (Å²) in [5.41, 5.74) is 1.13. The Kier molecular flexibility index (Phi) is 8.49. The Labute approximate surface area is 262 Å². The standard InChI is InChI=1S/C27H28F2N10O5S2/c1-45(41,42)37-6-4-20(5-7-37)35-27-33-12-19-9-22(24(28)29)26(40)38(25(19)36-27)14-17-2-3-23(32-10-17)18-8-21(13-30-11-18)46(43,44)39-16-31-15-34-39/h2-3,8-13,15-16,20,24,26,40H,4-7,14H2,1H3,(H,33,35,36). The van der Waals surface area contributed by atoms with E-state index in [4.69, 9.17) is 0 Å². The highest BCUT2D eigenvalue weighted by molar-refractivity contribution is 7.89. The predicted octanol–water partition coefficient (Wildman–Crippen LogP) is 1.59. The second-order valence-electron chi connectivity index (χ2n) is 10.7. The zero-order valence-electron chi connectivity index (χ0n) is 24.2. The predicted molar refractivity (Wildman–Crippen MR) is 161 cm³/mol. The molecule has 4 aromatic rings. The summed E-state index contributed by atoms with van der Waals surface area (Å²) < 4.78 is 79.3. The number of fused-ring (bicyclic) bond motifs is 1. The van der Waals surface area contributed by atoms with Crippen molar-refractivity contribution in [2.24, 2.45) is 0 Å². The van der Waals surface area contributed by atoms with Gasteiger partial charge in [0.2, 0.25) is 16.0 Å². The van der Waals surface area contributed by atoms with Crippen molar-refractivity contribution in [3.8, 4) is 11.3 Å². The van der Waals surface area contributed by atoms with E-state index in [0.29, 0.717) is 48.3 Å². The molecule has 6 heterocycles. The van der Waals surface area contributed by atoms with Crippen LogP contribution in [-0.4, -0.2) is 98.4 Å². The topological polar surface area (TPSA) is 189 Å². The van der Waals surface area contributed by atoms with E-state index in [1.54, 1.807) is 12.1 Å². The van der Waals surface area contributed by atoms with Crippen LogP contribution in [0.15, 0.2) is 66.1 Å². The Morgan fingerprint density at radius 1 is 1.04 bits per heavy atom. The summed E-state index contributed by atoms with van der Waals surface area (Å²) in [6, 6.07) is 4.58. The maximum atomic E-state index is 13.9. The van der Waals surface area contributed by atoms with Crippen LogP contribution in [0.4, 0.5) is 20.5 Å². The van der Waals surface area contributed by atoms with Gasteiger partial charge in [-0.05, 0) is 36.6 Å². The van der Waals surface area contributed by atoms with E-state index in [9.17, 15) is 30.7 Å². The minimum Gasteiger partial charge on any atom is -0.369 e. The number of alkyl halides is 2. The first-order chi connectivity index (χ1) is 21.9. The van der Waals surface area contributed by atoms with Crippen molar-refractivity contribution in [1.29, 1.82) is 0 Å². The van der Waals surface area contributed by atoms with Gasteiger partial charge < -0.3 is 15.3 Å². The number of aromatic nitrogens is 7. The van der Waals surface area contributed by atoms with E-state index < -0.39 is 38.3 Å². The van der Waals surface area contributed by atoms with Gasteiger partial charge in [-0.2, -0.15) is 13.4 Å². The van der Waals surface area contributed by atoms with E-state index in [1.807, 2.05) is 0 Å². The lowest BCUT2D eigenvalue weighted by Gasteiger charge is -2.35. The number of halogens is 2. The molecule has 19 heteroatoms. The normalized spacial score (nSPS) is 18.0. The van der Waals surface area contributed by atoms with Crippen molar-refractivity contribution < 1.29 is 30.7 Å². The molecule has 46 heavy (non-hydrogen) atoms. The van der Waals surface area contributed by atoms with Gasteiger partial charge in [0.25, 0.3) is 16.4 Å². The van der Waals surface area contributed by atoms with Crippen molar-refractivity contribution in [3.05, 3.63) is 72.3 Å². The molecule has 0 aliphatic carbocycles. The number of anilines is 2. The molecule has 2 N–H and O–H groups in total. The molecule has 1 fully saturated rings. The van der Waals surface area contributed by atoms with Gasteiger partial charge in [0, 0.05) is 67.2 Å². The number of aliphatic hydroxyl groups is 1. The summed E-state index contributed by atoms with van der Waals surface area (Å²) in [5, 5.41) is 17.9. The van der Waals surface area contributed by atoms with Crippen molar-refractivity contribution in [2.45, 2.75) is 43.0 Å².